The Hall–Kier alpha value is -2.34. The number of carbonyl (C=O) groups is 2. The SMILES string of the molecule is COc1ccc(-c2csc(CNC(=O)C3CCC(C(=O)O)CC3)c2)cc1. The molecule has 1 saturated carbocycles. The second-order valence-corrected chi connectivity index (χ2v) is 7.63. The Kier molecular flexibility index (Phi) is 5.93. The highest BCUT2D eigenvalue weighted by Gasteiger charge is 2.29. The Morgan fingerprint density at radius 1 is 1.12 bits per heavy atom. The first-order valence-corrected chi connectivity index (χ1v) is 9.67. The smallest absolute Gasteiger partial charge is 0.306 e. The van der Waals surface area contributed by atoms with Crippen LogP contribution in [0.3, 0.4) is 0 Å². The molecule has 1 aliphatic rings. The molecule has 2 N–H and O–H groups in total. The Balaban J connectivity index is 1.51. The molecule has 0 saturated heterocycles. The van der Waals surface area contributed by atoms with Gasteiger partial charge >= 0.3 is 5.97 Å². The highest BCUT2D eigenvalue weighted by atomic mass is 32.1. The minimum atomic E-state index is -0.742. The standard InChI is InChI=1S/C20H23NO4S/c1-25-17-8-6-13(7-9-17)16-10-18(26-12-16)11-21-19(22)14-2-4-15(5-3-14)20(23)24/h6-10,12,14-15H,2-5,11H2,1H3,(H,21,22)(H,23,24). The molecule has 1 fully saturated rings. The first-order valence-electron chi connectivity index (χ1n) is 8.79. The average molecular weight is 373 g/mol. The maximum atomic E-state index is 12.3. The lowest BCUT2D eigenvalue weighted by Gasteiger charge is -2.25. The first-order chi connectivity index (χ1) is 12.6. The van der Waals surface area contributed by atoms with Crippen LogP contribution in [0, 0.1) is 11.8 Å². The number of carboxylic acids is 1. The van der Waals surface area contributed by atoms with Gasteiger partial charge in [0, 0.05) is 10.8 Å². The monoisotopic (exact) mass is 373 g/mol. The number of carbonyl (C=O) groups excluding carboxylic acids is 1. The largest absolute Gasteiger partial charge is 0.497 e. The maximum absolute atomic E-state index is 12.3. The van der Waals surface area contributed by atoms with Crippen molar-refractivity contribution in [3.05, 3.63) is 40.6 Å². The Morgan fingerprint density at radius 3 is 2.38 bits per heavy atom. The van der Waals surface area contributed by atoms with Crippen LogP contribution in [0.15, 0.2) is 35.7 Å². The number of amides is 1. The van der Waals surface area contributed by atoms with Crippen LogP contribution >= 0.6 is 11.3 Å². The molecule has 6 heteroatoms. The van der Waals surface area contributed by atoms with E-state index in [2.05, 4.69) is 16.8 Å². The molecule has 1 amide bonds. The lowest BCUT2D eigenvalue weighted by molar-refractivity contribution is -0.144. The summed E-state index contributed by atoms with van der Waals surface area (Å²) in [6.07, 6.45) is 2.50. The molecule has 5 nitrogen and oxygen atoms in total. The number of ether oxygens (including phenoxy) is 1. The van der Waals surface area contributed by atoms with Crippen molar-refractivity contribution < 1.29 is 19.4 Å². The lowest BCUT2D eigenvalue weighted by Crippen LogP contribution is -2.33. The van der Waals surface area contributed by atoms with Gasteiger partial charge in [0.2, 0.25) is 5.91 Å². The third-order valence-electron chi connectivity index (χ3n) is 4.96. The number of nitrogens with one attached hydrogen (secondary N) is 1. The summed E-state index contributed by atoms with van der Waals surface area (Å²) in [5.74, 6) is -0.231. The van der Waals surface area contributed by atoms with Crippen LogP contribution in [0.1, 0.15) is 30.6 Å². The average Bonchev–Trinajstić information content (AvgIpc) is 3.15. The maximum Gasteiger partial charge on any atom is 0.306 e. The van der Waals surface area contributed by atoms with Crippen molar-refractivity contribution in [2.75, 3.05) is 7.11 Å². The molecule has 1 aromatic carbocycles. The van der Waals surface area contributed by atoms with Crippen molar-refractivity contribution in [3.63, 3.8) is 0 Å². The number of carboxylic acid groups (broad SMARTS) is 1. The van der Waals surface area contributed by atoms with Gasteiger partial charge in [-0.25, -0.2) is 0 Å². The minimum Gasteiger partial charge on any atom is -0.497 e. The lowest BCUT2D eigenvalue weighted by atomic mass is 9.81. The summed E-state index contributed by atoms with van der Waals surface area (Å²) >= 11 is 1.62. The summed E-state index contributed by atoms with van der Waals surface area (Å²) in [4.78, 5) is 24.4. The molecule has 1 heterocycles. The van der Waals surface area contributed by atoms with E-state index < -0.39 is 5.97 Å². The van der Waals surface area contributed by atoms with Crippen LogP contribution in [-0.2, 0) is 16.1 Å². The number of thiophene rings is 1. The Bertz CT molecular complexity index is 760. The van der Waals surface area contributed by atoms with Crippen molar-refractivity contribution in [3.8, 4) is 16.9 Å². The van der Waals surface area contributed by atoms with Gasteiger partial charge < -0.3 is 15.2 Å². The van der Waals surface area contributed by atoms with E-state index in [1.807, 2.05) is 24.3 Å². The number of methoxy groups -OCH3 is 1. The fourth-order valence-corrected chi connectivity index (χ4v) is 4.16. The molecule has 2 aromatic rings. The topological polar surface area (TPSA) is 75.6 Å². The van der Waals surface area contributed by atoms with E-state index >= 15 is 0 Å². The quantitative estimate of drug-likeness (QED) is 0.804. The molecular weight excluding hydrogens is 350 g/mol. The number of hydrogen-bond donors (Lipinski definition) is 2. The normalized spacial score (nSPS) is 19.7. The van der Waals surface area contributed by atoms with Crippen LogP contribution in [-0.4, -0.2) is 24.1 Å². The Labute approximate surface area is 157 Å². The first kappa shape index (κ1) is 18.5. The second kappa shape index (κ2) is 8.36. The molecule has 1 aliphatic carbocycles. The third kappa shape index (κ3) is 4.43. The van der Waals surface area contributed by atoms with E-state index in [0.717, 1.165) is 21.8 Å². The number of hydrogen-bond acceptors (Lipinski definition) is 4. The molecule has 0 unspecified atom stereocenters. The molecular formula is C20H23NO4S. The van der Waals surface area contributed by atoms with Crippen molar-refractivity contribution in [2.24, 2.45) is 11.8 Å². The van der Waals surface area contributed by atoms with Gasteiger partial charge in [0.05, 0.1) is 19.6 Å². The van der Waals surface area contributed by atoms with Crippen molar-refractivity contribution in [1.82, 2.24) is 5.32 Å². The van der Waals surface area contributed by atoms with Crippen molar-refractivity contribution in [1.29, 1.82) is 0 Å². The highest BCUT2D eigenvalue weighted by Crippen LogP contribution is 2.30. The zero-order valence-electron chi connectivity index (χ0n) is 14.7. The zero-order chi connectivity index (χ0) is 18.5. The molecule has 0 bridgehead atoms. The third-order valence-corrected chi connectivity index (χ3v) is 5.90. The molecule has 0 aliphatic heterocycles. The molecule has 138 valence electrons. The van der Waals surface area contributed by atoms with Crippen LogP contribution in [0.25, 0.3) is 11.1 Å². The van der Waals surface area contributed by atoms with Gasteiger partial charge in [0.25, 0.3) is 0 Å². The molecule has 0 radical (unpaired) electrons. The summed E-state index contributed by atoms with van der Waals surface area (Å²) < 4.78 is 5.18. The summed E-state index contributed by atoms with van der Waals surface area (Å²) in [7, 11) is 1.65. The van der Waals surface area contributed by atoms with Gasteiger partial charge in [-0.1, -0.05) is 12.1 Å². The van der Waals surface area contributed by atoms with E-state index in [4.69, 9.17) is 9.84 Å². The number of rotatable bonds is 6. The summed E-state index contributed by atoms with van der Waals surface area (Å²) in [5, 5.41) is 14.1. The summed E-state index contributed by atoms with van der Waals surface area (Å²) in [5.41, 5.74) is 2.25. The fourth-order valence-electron chi connectivity index (χ4n) is 3.33. The zero-order valence-corrected chi connectivity index (χ0v) is 15.6. The van der Waals surface area contributed by atoms with Crippen LogP contribution < -0.4 is 10.1 Å². The predicted molar refractivity (Wildman–Crippen MR) is 101 cm³/mol. The van der Waals surface area contributed by atoms with Gasteiger partial charge in [-0.2, -0.15) is 0 Å². The van der Waals surface area contributed by atoms with E-state index in [9.17, 15) is 9.59 Å². The summed E-state index contributed by atoms with van der Waals surface area (Å²) in [6.45, 7) is 0.512. The van der Waals surface area contributed by atoms with Crippen LogP contribution in [0.5, 0.6) is 5.75 Å². The predicted octanol–water partition coefficient (Wildman–Crippen LogP) is 3.93. The molecule has 1 aromatic heterocycles. The molecule has 0 spiro atoms. The van der Waals surface area contributed by atoms with Gasteiger partial charge in [-0.3, -0.25) is 9.59 Å². The number of benzene rings is 1. The second-order valence-electron chi connectivity index (χ2n) is 6.63. The number of aliphatic carboxylic acids is 1. The van der Waals surface area contributed by atoms with E-state index in [1.54, 1.807) is 18.4 Å². The molecule has 0 atom stereocenters. The summed E-state index contributed by atoms with van der Waals surface area (Å²) in [6, 6.07) is 9.99. The fraction of sp³-hybridized carbons (Fsp3) is 0.400. The van der Waals surface area contributed by atoms with Gasteiger partial charge in [0.15, 0.2) is 0 Å². The molecule has 3 rings (SSSR count). The van der Waals surface area contributed by atoms with Gasteiger partial charge in [-0.15, -0.1) is 11.3 Å². The molecule has 26 heavy (non-hydrogen) atoms. The van der Waals surface area contributed by atoms with Crippen LogP contribution in [0.2, 0.25) is 0 Å². The van der Waals surface area contributed by atoms with Gasteiger partial charge in [-0.05, 0) is 60.4 Å². The van der Waals surface area contributed by atoms with E-state index in [0.29, 0.717) is 32.2 Å². The highest BCUT2D eigenvalue weighted by molar-refractivity contribution is 7.10. The van der Waals surface area contributed by atoms with Gasteiger partial charge in [0.1, 0.15) is 5.75 Å². The van der Waals surface area contributed by atoms with Crippen LogP contribution in [0.4, 0.5) is 0 Å². The van der Waals surface area contributed by atoms with Crippen molar-refractivity contribution >= 4 is 23.2 Å². The van der Waals surface area contributed by atoms with E-state index in [1.165, 1.54) is 0 Å². The van der Waals surface area contributed by atoms with Crippen molar-refractivity contribution in [2.45, 2.75) is 32.2 Å². The minimum absolute atomic E-state index is 0.0354. The Morgan fingerprint density at radius 2 is 1.77 bits per heavy atom. The van der Waals surface area contributed by atoms with E-state index in [-0.39, 0.29) is 17.7 Å².